The second-order valence-corrected chi connectivity index (χ2v) is 10.6. The number of aromatic nitrogens is 3. The lowest BCUT2D eigenvalue weighted by atomic mass is 9.96. The molecule has 0 saturated carbocycles. The van der Waals surface area contributed by atoms with Gasteiger partial charge in [-0.25, -0.2) is 0 Å². The normalized spacial score (nSPS) is 16.8. The molecule has 1 fully saturated rings. The Morgan fingerprint density at radius 1 is 1.11 bits per heavy atom. The highest BCUT2D eigenvalue weighted by Gasteiger charge is 2.48. The second-order valence-electron chi connectivity index (χ2n) is 7.95. The molecular weight excluding hydrogens is 532 g/mol. The monoisotopic (exact) mass is 550 g/mol. The molecule has 1 aliphatic rings. The highest BCUT2D eigenvalue weighted by atomic mass is 35.5. The van der Waals surface area contributed by atoms with Gasteiger partial charge in [0.15, 0.2) is 4.34 Å². The molecule has 1 N–H and O–H groups in total. The van der Waals surface area contributed by atoms with Crippen LogP contribution in [0.25, 0.3) is 5.76 Å². The molecule has 2 aromatic heterocycles. The number of benzene rings is 2. The molecule has 1 amide bonds. The summed E-state index contributed by atoms with van der Waals surface area (Å²) in [7, 11) is 1.53. The van der Waals surface area contributed by atoms with Crippen molar-refractivity contribution in [3.8, 4) is 5.75 Å². The van der Waals surface area contributed by atoms with E-state index in [0.29, 0.717) is 32.0 Å². The summed E-state index contributed by atoms with van der Waals surface area (Å²) >= 11 is 8.61. The number of amides is 1. The minimum atomic E-state index is -0.919. The summed E-state index contributed by atoms with van der Waals surface area (Å²) in [5, 5.41) is 20.5. The molecule has 0 bridgehead atoms. The molecule has 1 atom stereocenters. The maximum atomic E-state index is 13.3. The van der Waals surface area contributed by atoms with Gasteiger partial charge in [0.25, 0.3) is 5.78 Å². The molecule has 3 heterocycles. The number of aliphatic hydroxyl groups is 1. The lowest BCUT2D eigenvalue weighted by molar-refractivity contribution is -0.132. The van der Waals surface area contributed by atoms with Crippen molar-refractivity contribution in [2.75, 3.05) is 12.0 Å². The largest absolute Gasteiger partial charge is 0.507 e. The van der Waals surface area contributed by atoms with E-state index in [4.69, 9.17) is 16.3 Å². The molecule has 1 aliphatic heterocycles. The minimum absolute atomic E-state index is 0.0475. The third kappa shape index (κ3) is 5.08. The van der Waals surface area contributed by atoms with Crippen LogP contribution in [-0.4, -0.2) is 39.1 Å². The molecule has 2 aromatic carbocycles. The molecule has 4 aromatic rings. The summed E-state index contributed by atoms with van der Waals surface area (Å²) < 4.78 is 5.81. The first kappa shape index (κ1) is 24.9. The zero-order valence-corrected chi connectivity index (χ0v) is 21.8. The van der Waals surface area contributed by atoms with Crippen molar-refractivity contribution < 1.29 is 19.4 Å². The van der Waals surface area contributed by atoms with Crippen molar-refractivity contribution in [2.24, 2.45) is 0 Å². The van der Waals surface area contributed by atoms with Crippen LogP contribution in [0.2, 0.25) is 5.02 Å². The smallest absolute Gasteiger partial charge is 0.301 e. The van der Waals surface area contributed by atoms with Crippen LogP contribution in [0.4, 0.5) is 5.13 Å². The number of ketones is 1. The fourth-order valence-electron chi connectivity index (χ4n) is 3.87. The predicted molar refractivity (Wildman–Crippen MR) is 143 cm³/mol. The van der Waals surface area contributed by atoms with Gasteiger partial charge in [0, 0.05) is 28.7 Å². The van der Waals surface area contributed by atoms with E-state index in [1.54, 1.807) is 48.8 Å². The zero-order valence-electron chi connectivity index (χ0n) is 19.4. The zero-order chi connectivity index (χ0) is 25.9. The van der Waals surface area contributed by atoms with E-state index >= 15 is 0 Å². The topological polar surface area (TPSA) is 106 Å². The van der Waals surface area contributed by atoms with E-state index in [1.165, 1.54) is 35.1 Å². The molecule has 37 heavy (non-hydrogen) atoms. The summed E-state index contributed by atoms with van der Waals surface area (Å²) in [5.74, 6) is -0.673. The Morgan fingerprint density at radius 3 is 2.54 bits per heavy atom. The molecule has 1 unspecified atom stereocenters. The maximum absolute atomic E-state index is 13.3. The standard InChI is InChI=1S/C26H19ClN4O4S2/c1-35-19-10-6-16(7-11-19)22(32)20-21(17-3-2-12-28-13-17)31(24(34)23(20)33)25-29-30-26(37-25)36-14-15-4-8-18(27)9-5-15/h2-13,21,32H,14H2,1H3/b22-20-. The van der Waals surface area contributed by atoms with Crippen molar-refractivity contribution >= 4 is 57.3 Å². The number of methoxy groups -OCH3 is 1. The molecular formula is C26H19ClN4O4S2. The Bertz CT molecular complexity index is 1470. The number of hydrogen-bond donors (Lipinski definition) is 1. The number of aliphatic hydroxyl groups excluding tert-OH is 1. The Balaban J connectivity index is 1.51. The summed E-state index contributed by atoms with van der Waals surface area (Å²) in [6.45, 7) is 0. The molecule has 8 nitrogen and oxygen atoms in total. The van der Waals surface area contributed by atoms with Crippen LogP contribution >= 0.6 is 34.7 Å². The van der Waals surface area contributed by atoms with Crippen LogP contribution in [0.5, 0.6) is 5.75 Å². The van der Waals surface area contributed by atoms with Crippen LogP contribution in [0.1, 0.15) is 22.7 Å². The van der Waals surface area contributed by atoms with Crippen LogP contribution < -0.4 is 9.64 Å². The highest BCUT2D eigenvalue weighted by Crippen LogP contribution is 2.44. The Hall–Kier alpha value is -3.73. The van der Waals surface area contributed by atoms with Crippen molar-refractivity contribution in [3.63, 3.8) is 0 Å². The van der Waals surface area contributed by atoms with Crippen molar-refractivity contribution in [2.45, 2.75) is 16.1 Å². The van der Waals surface area contributed by atoms with E-state index in [9.17, 15) is 14.7 Å². The van der Waals surface area contributed by atoms with Gasteiger partial charge in [-0.05, 0) is 53.6 Å². The third-order valence-corrected chi connectivity index (χ3v) is 8.06. The number of hydrogen-bond acceptors (Lipinski definition) is 9. The Morgan fingerprint density at radius 2 is 1.86 bits per heavy atom. The number of rotatable bonds is 7. The molecule has 0 aliphatic carbocycles. The van der Waals surface area contributed by atoms with Gasteiger partial charge < -0.3 is 9.84 Å². The van der Waals surface area contributed by atoms with Gasteiger partial charge >= 0.3 is 5.91 Å². The van der Waals surface area contributed by atoms with E-state index in [1.807, 2.05) is 24.3 Å². The average molecular weight is 551 g/mol. The van der Waals surface area contributed by atoms with Crippen molar-refractivity contribution in [1.82, 2.24) is 15.2 Å². The average Bonchev–Trinajstić information content (AvgIpc) is 3.50. The number of carbonyl (C=O) groups is 2. The number of thioether (sulfide) groups is 1. The quantitative estimate of drug-likeness (QED) is 0.105. The van der Waals surface area contributed by atoms with Crippen LogP contribution in [-0.2, 0) is 15.3 Å². The summed E-state index contributed by atoms with van der Waals surface area (Å²) in [4.78, 5) is 31.9. The van der Waals surface area contributed by atoms with Crippen LogP contribution in [0.3, 0.4) is 0 Å². The van der Waals surface area contributed by atoms with Gasteiger partial charge in [-0.1, -0.05) is 52.9 Å². The summed E-state index contributed by atoms with van der Waals surface area (Å²) in [5.41, 5.74) is 1.95. The molecule has 186 valence electrons. The number of halogens is 1. The number of ether oxygens (including phenoxy) is 1. The molecule has 5 rings (SSSR count). The minimum Gasteiger partial charge on any atom is -0.507 e. The first-order valence-corrected chi connectivity index (χ1v) is 13.2. The van der Waals surface area contributed by atoms with Gasteiger partial charge in [0.1, 0.15) is 11.5 Å². The van der Waals surface area contributed by atoms with E-state index in [-0.39, 0.29) is 16.5 Å². The molecule has 0 radical (unpaired) electrons. The maximum Gasteiger partial charge on any atom is 0.301 e. The molecule has 0 spiro atoms. The van der Waals surface area contributed by atoms with E-state index in [0.717, 1.165) is 5.56 Å². The fraction of sp³-hybridized carbons (Fsp3) is 0.115. The fourth-order valence-corrected chi connectivity index (χ4v) is 5.82. The number of carbonyl (C=O) groups excluding carboxylic acids is 2. The number of pyridine rings is 1. The van der Waals surface area contributed by atoms with Crippen molar-refractivity contribution in [1.29, 1.82) is 0 Å². The molecule has 11 heteroatoms. The van der Waals surface area contributed by atoms with Gasteiger partial charge in [-0.15, -0.1) is 10.2 Å². The Labute approximate surface area is 225 Å². The number of nitrogens with zero attached hydrogens (tertiary/aromatic N) is 4. The van der Waals surface area contributed by atoms with Gasteiger partial charge in [-0.2, -0.15) is 0 Å². The third-order valence-electron chi connectivity index (χ3n) is 5.69. The van der Waals surface area contributed by atoms with E-state index in [2.05, 4.69) is 15.2 Å². The summed E-state index contributed by atoms with van der Waals surface area (Å²) in [6.07, 6.45) is 3.15. The summed E-state index contributed by atoms with van der Waals surface area (Å²) in [6, 6.07) is 16.6. The van der Waals surface area contributed by atoms with Gasteiger partial charge in [0.2, 0.25) is 5.13 Å². The second kappa shape index (κ2) is 10.7. The lowest BCUT2D eigenvalue weighted by Gasteiger charge is -2.22. The Kier molecular flexibility index (Phi) is 7.22. The van der Waals surface area contributed by atoms with Crippen molar-refractivity contribution in [3.05, 3.63) is 100 Å². The lowest BCUT2D eigenvalue weighted by Crippen LogP contribution is -2.29. The number of anilines is 1. The predicted octanol–water partition coefficient (Wildman–Crippen LogP) is 5.51. The highest BCUT2D eigenvalue weighted by molar-refractivity contribution is 8.00. The van der Waals surface area contributed by atoms with Gasteiger partial charge in [-0.3, -0.25) is 19.5 Å². The van der Waals surface area contributed by atoms with Gasteiger partial charge in [0.05, 0.1) is 18.7 Å². The molecule has 1 saturated heterocycles. The number of Topliss-reactive ketones (excluding diaryl/α,β-unsaturated/α-hetero) is 1. The van der Waals surface area contributed by atoms with Crippen LogP contribution in [0, 0.1) is 0 Å². The SMILES string of the molecule is COc1ccc(/C(O)=C2/C(=O)C(=O)N(c3nnc(SCc4ccc(Cl)cc4)s3)C2c2cccnc2)cc1. The van der Waals surface area contributed by atoms with E-state index < -0.39 is 17.7 Å². The van der Waals surface area contributed by atoms with Crippen LogP contribution in [0.15, 0.2) is 83.0 Å². The first-order valence-electron chi connectivity index (χ1n) is 11.0. The first-order chi connectivity index (χ1) is 18.0.